The highest BCUT2D eigenvalue weighted by atomic mass is 16.3. The van der Waals surface area contributed by atoms with E-state index in [1.165, 1.54) is 0 Å². The van der Waals surface area contributed by atoms with Crippen molar-refractivity contribution in [1.82, 2.24) is 10.2 Å². The van der Waals surface area contributed by atoms with E-state index in [0.29, 0.717) is 0 Å². The Balaban J connectivity index is 1.99. The van der Waals surface area contributed by atoms with Crippen molar-refractivity contribution in [2.75, 3.05) is 19.6 Å². The Morgan fingerprint density at radius 1 is 1.29 bits per heavy atom. The molecule has 0 bridgehead atoms. The zero-order chi connectivity index (χ0) is 12.3. The fraction of sp³-hybridized carbons (Fsp3) is 0.923. The summed E-state index contributed by atoms with van der Waals surface area (Å²) in [6, 6.07) is 0.0473. The Hall–Kier alpha value is -0.610. The molecule has 0 aromatic carbocycles. The number of carbonyl (C=O) groups excluding carboxylic acids is 1. The van der Waals surface area contributed by atoms with Crippen LogP contribution in [0.5, 0.6) is 0 Å². The van der Waals surface area contributed by atoms with Crippen molar-refractivity contribution < 1.29 is 9.90 Å². The first kappa shape index (κ1) is 12.8. The molecular formula is C13H24N2O2. The molecule has 2 fully saturated rings. The van der Waals surface area contributed by atoms with Gasteiger partial charge in [-0.3, -0.25) is 4.79 Å². The molecule has 4 heteroatoms. The van der Waals surface area contributed by atoms with Gasteiger partial charge in [-0.05, 0) is 52.1 Å². The predicted octanol–water partition coefficient (Wildman–Crippen LogP) is 0.748. The summed E-state index contributed by atoms with van der Waals surface area (Å²) < 4.78 is 0. The molecule has 2 atom stereocenters. The second-order valence-electron chi connectivity index (χ2n) is 5.36. The van der Waals surface area contributed by atoms with Gasteiger partial charge >= 0.3 is 0 Å². The minimum atomic E-state index is -0.402. The quantitative estimate of drug-likeness (QED) is 0.749. The number of carbonyl (C=O) groups is 1. The number of aliphatic hydroxyl groups is 1. The average Bonchev–Trinajstić information content (AvgIpc) is 2.39. The van der Waals surface area contributed by atoms with Crippen LogP contribution in [0.4, 0.5) is 0 Å². The van der Waals surface area contributed by atoms with Crippen molar-refractivity contribution in [1.29, 1.82) is 0 Å². The summed E-state index contributed by atoms with van der Waals surface area (Å²) in [5, 5.41) is 13.1. The summed E-state index contributed by atoms with van der Waals surface area (Å²) in [7, 11) is 0. The average molecular weight is 240 g/mol. The number of hydrogen-bond donors (Lipinski definition) is 2. The van der Waals surface area contributed by atoms with E-state index in [1.807, 2.05) is 4.90 Å². The fourth-order valence-electron chi connectivity index (χ4n) is 3.04. The maximum absolute atomic E-state index is 12.5. The lowest BCUT2D eigenvalue weighted by Gasteiger charge is -2.40. The van der Waals surface area contributed by atoms with Crippen LogP contribution in [-0.4, -0.2) is 47.7 Å². The first-order valence-electron chi connectivity index (χ1n) is 6.89. The molecule has 0 saturated carbocycles. The van der Waals surface area contributed by atoms with Crippen LogP contribution in [0, 0.1) is 5.92 Å². The van der Waals surface area contributed by atoms with E-state index in [4.69, 9.17) is 0 Å². The number of rotatable bonds is 2. The molecule has 1 amide bonds. The van der Waals surface area contributed by atoms with Gasteiger partial charge in [-0.15, -0.1) is 0 Å². The van der Waals surface area contributed by atoms with Crippen LogP contribution in [0.25, 0.3) is 0 Å². The normalized spacial score (nSPS) is 29.1. The van der Waals surface area contributed by atoms with Crippen LogP contribution in [-0.2, 0) is 4.79 Å². The molecular weight excluding hydrogens is 216 g/mol. The largest absolute Gasteiger partial charge is 0.391 e. The molecule has 17 heavy (non-hydrogen) atoms. The lowest BCUT2D eigenvalue weighted by Crippen LogP contribution is -2.52. The van der Waals surface area contributed by atoms with Crippen LogP contribution in [0.15, 0.2) is 0 Å². The number of hydrogen-bond acceptors (Lipinski definition) is 3. The Labute approximate surface area is 103 Å². The monoisotopic (exact) mass is 240 g/mol. The van der Waals surface area contributed by atoms with Gasteiger partial charge in [0.25, 0.3) is 0 Å². The van der Waals surface area contributed by atoms with Crippen molar-refractivity contribution in [2.45, 2.75) is 51.2 Å². The third-order valence-corrected chi connectivity index (χ3v) is 4.08. The maximum Gasteiger partial charge on any atom is 0.226 e. The van der Waals surface area contributed by atoms with Crippen LogP contribution in [0.1, 0.15) is 39.0 Å². The van der Waals surface area contributed by atoms with Gasteiger partial charge in [0.2, 0.25) is 5.91 Å². The molecule has 2 aliphatic rings. The summed E-state index contributed by atoms with van der Waals surface area (Å²) in [4.78, 5) is 14.4. The Kier molecular flexibility index (Phi) is 4.40. The van der Waals surface area contributed by atoms with Gasteiger partial charge in [-0.1, -0.05) is 0 Å². The van der Waals surface area contributed by atoms with E-state index >= 15 is 0 Å². The SMILES string of the molecule is C[C@@H](O)[C@@H]1CCCCN1C(=O)C1CCNCC1. The highest BCUT2D eigenvalue weighted by Gasteiger charge is 2.33. The number of aliphatic hydroxyl groups excluding tert-OH is 1. The van der Waals surface area contributed by atoms with Crippen LogP contribution in [0.3, 0.4) is 0 Å². The summed E-state index contributed by atoms with van der Waals surface area (Å²) >= 11 is 0. The van der Waals surface area contributed by atoms with Gasteiger partial charge in [-0.25, -0.2) is 0 Å². The van der Waals surface area contributed by atoms with E-state index < -0.39 is 6.10 Å². The second-order valence-corrected chi connectivity index (χ2v) is 5.36. The van der Waals surface area contributed by atoms with E-state index in [1.54, 1.807) is 6.92 Å². The second kappa shape index (κ2) is 5.83. The van der Waals surface area contributed by atoms with Crippen molar-refractivity contribution in [3.05, 3.63) is 0 Å². The van der Waals surface area contributed by atoms with Gasteiger partial charge in [0.15, 0.2) is 0 Å². The minimum absolute atomic E-state index is 0.0473. The highest BCUT2D eigenvalue weighted by molar-refractivity contribution is 5.79. The molecule has 0 aromatic heterocycles. The van der Waals surface area contributed by atoms with Gasteiger partial charge in [-0.2, -0.15) is 0 Å². The molecule has 2 N–H and O–H groups in total. The molecule has 4 nitrogen and oxygen atoms in total. The molecule has 0 aromatic rings. The molecule has 2 aliphatic heterocycles. The Bertz CT molecular complexity index is 262. The summed E-state index contributed by atoms with van der Waals surface area (Å²) in [5.74, 6) is 0.452. The molecule has 0 spiro atoms. The number of piperidine rings is 2. The zero-order valence-corrected chi connectivity index (χ0v) is 10.7. The summed E-state index contributed by atoms with van der Waals surface area (Å²) in [5.41, 5.74) is 0. The number of amides is 1. The minimum Gasteiger partial charge on any atom is -0.391 e. The first-order chi connectivity index (χ1) is 8.20. The molecule has 0 radical (unpaired) electrons. The third-order valence-electron chi connectivity index (χ3n) is 4.08. The van der Waals surface area contributed by atoms with E-state index in [2.05, 4.69) is 5.32 Å². The first-order valence-corrected chi connectivity index (χ1v) is 6.89. The number of likely N-dealkylation sites (tertiary alicyclic amines) is 1. The highest BCUT2D eigenvalue weighted by Crippen LogP contribution is 2.24. The van der Waals surface area contributed by atoms with Crippen LogP contribution in [0.2, 0.25) is 0 Å². The van der Waals surface area contributed by atoms with Gasteiger partial charge in [0.1, 0.15) is 0 Å². The summed E-state index contributed by atoms with van der Waals surface area (Å²) in [6.45, 7) is 4.53. The zero-order valence-electron chi connectivity index (χ0n) is 10.7. The fourth-order valence-corrected chi connectivity index (χ4v) is 3.04. The maximum atomic E-state index is 12.5. The third kappa shape index (κ3) is 2.99. The standard InChI is InChI=1S/C13H24N2O2/c1-10(16)12-4-2-3-9-15(12)13(17)11-5-7-14-8-6-11/h10-12,14,16H,2-9H2,1H3/t10-,12+/m1/s1. The van der Waals surface area contributed by atoms with Crippen molar-refractivity contribution in [2.24, 2.45) is 5.92 Å². The van der Waals surface area contributed by atoms with Gasteiger partial charge < -0.3 is 15.3 Å². The molecule has 2 saturated heterocycles. The Morgan fingerprint density at radius 2 is 2.00 bits per heavy atom. The number of nitrogens with one attached hydrogen (secondary N) is 1. The summed E-state index contributed by atoms with van der Waals surface area (Å²) in [6.07, 6.45) is 4.66. The van der Waals surface area contributed by atoms with Gasteiger partial charge in [0, 0.05) is 12.5 Å². The molecule has 2 rings (SSSR count). The lowest BCUT2D eigenvalue weighted by molar-refractivity contribution is -0.143. The van der Waals surface area contributed by atoms with Crippen molar-refractivity contribution in [3.63, 3.8) is 0 Å². The lowest BCUT2D eigenvalue weighted by atomic mass is 9.92. The van der Waals surface area contributed by atoms with E-state index in [9.17, 15) is 9.90 Å². The topological polar surface area (TPSA) is 52.6 Å². The smallest absolute Gasteiger partial charge is 0.226 e. The predicted molar refractivity (Wildman–Crippen MR) is 66.6 cm³/mol. The van der Waals surface area contributed by atoms with Crippen molar-refractivity contribution in [3.8, 4) is 0 Å². The molecule has 98 valence electrons. The van der Waals surface area contributed by atoms with Gasteiger partial charge in [0.05, 0.1) is 12.1 Å². The van der Waals surface area contributed by atoms with Crippen LogP contribution >= 0.6 is 0 Å². The molecule has 0 aliphatic carbocycles. The molecule has 2 heterocycles. The Morgan fingerprint density at radius 3 is 2.65 bits per heavy atom. The molecule has 0 unspecified atom stereocenters. The van der Waals surface area contributed by atoms with Crippen molar-refractivity contribution >= 4 is 5.91 Å². The van der Waals surface area contributed by atoms with E-state index in [-0.39, 0.29) is 17.9 Å². The number of nitrogens with zero attached hydrogens (tertiary/aromatic N) is 1. The van der Waals surface area contributed by atoms with Crippen LogP contribution < -0.4 is 5.32 Å². The van der Waals surface area contributed by atoms with E-state index in [0.717, 1.165) is 51.7 Å².